The summed E-state index contributed by atoms with van der Waals surface area (Å²) >= 11 is 0. The molecule has 0 aromatic carbocycles. The van der Waals surface area contributed by atoms with Gasteiger partial charge < -0.3 is 10.2 Å². The van der Waals surface area contributed by atoms with Gasteiger partial charge in [0.05, 0.1) is 6.20 Å². The van der Waals surface area contributed by atoms with Gasteiger partial charge in [-0.2, -0.15) is 5.10 Å². The van der Waals surface area contributed by atoms with Gasteiger partial charge in [0.1, 0.15) is 6.04 Å². The van der Waals surface area contributed by atoms with Crippen molar-refractivity contribution in [3.05, 3.63) is 18.0 Å². The van der Waals surface area contributed by atoms with Gasteiger partial charge in [0.25, 0.3) is 0 Å². The fraction of sp³-hybridized carbons (Fsp3) is 0.583. The zero-order valence-corrected chi connectivity index (χ0v) is 10.9. The summed E-state index contributed by atoms with van der Waals surface area (Å²) in [6.45, 7) is 4.10. The summed E-state index contributed by atoms with van der Waals surface area (Å²) in [5.41, 5.74) is 0.972. The van der Waals surface area contributed by atoms with Crippen LogP contribution in [0.2, 0.25) is 0 Å². The molecule has 18 heavy (non-hydrogen) atoms. The molecule has 98 valence electrons. The third kappa shape index (κ3) is 2.52. The molecule has 0 radical (unpaired) electrons. The van der Waals surface area contributed by atoms with Crippen molar-refractivity contribution in [2.24, 2.45) is 7.05 Å². The maximum Gasteiger partial charge on any atom is 0.245 e. The molecule has 1 aliphatic rings. The lowest BCUT2D eigenvalue weighted by Crippen LogP contribution is -2.44. The van der Waals surface area contributed by atoms with Crippen LogP contribution in [0.1, 0.15) is 25.8 Å². The average molecular weight is 250 g/mol. The van der Waals surface area contributed by atoms with Crippen molar-refractivity contribution in [3.8, 4) is 0 Å². The third-order valence-electron chi connectivity index (χ3n) is 3.16. The van der Waals surface area contributed by atoms with Crippen LogP contribution in [0.15, 0.2) is 12.4 Å². The molecule has 1 N–H and O–H groups in total. The monoisotopic (exact) mass is 250 g/mol. The Hall–Kier alpha value is -1.85. The van der Waals surface area contributed by atoms with Crippen LogP contribution >= 0.6 is 0 Å². The molecule has 2 unspecified atom stereocenters. The molecule has 1 aromatic rings. The Bertz CT molecular complexity index is 468. The average Bonchev–Trinajstić information content (AvgIpc) is 2.66. The molecule has 1 aliphatic heterocycles. The maximum absolute atomic E-state index is 12.2. The Kier molecular flexibility index (Phi) is 3.36. The number of hydrogen-bond donors (Lipinski definition) is 1. The van der Waals surface area contributed by atoms with Gasteiger partial charge in [-0.1, -0.05) is 0 Å². The van der Waals surface area contributed by atoms with E-state index >= 15 is 0 Å². The molecule has 0 spiro atoms. The molecule has 1 fully saturated rings. The molecule has 6 heteroatoms. The molecule has 1 aromatic heterocycles. The summed E-state index contributed by atoms with van der Waals surface area (Å²) in [5.74, 6) is -0.116. The number of amides is 2. The highest BCUT2D eigenvalue weighted by atomic mass is 16.2. The first-order valence-electron chi connectivity index (χ1n) is 6.04. The number of rotatable bonds is 2. The van der Waals surface area contributed by atoms with E-state index in [1.54, 1.807) is 22.7 Å². The van der Waals surface area contributed by atoms with Crippen LogP contribution in [-0.2, 0) is 23.2 Å². The van der Waals surface area contributed by atoms with Crippen LogP contribution in [0.4, 0.5) is 0 Å². The lowest BCUT2D eigenvalue weighted by Gasteiger charge is -2.27. The molecule has 6 nitrogen and oxygen atoms in total. The first-order chi connectivity index (χ1) is 8.47. The fourth-order valence-electron chi connectivity index (χ4n) is 2.19. The van der Waals surface area contributed by atoms with E-state index in [1.807, 2.05) is 20.2 Å². The van der Waals surface area contributed by atoms with E-state index in [0.29, 0.717) is 13.0 Å². The number of nitrogens with one attached hydrogen (secondary N) is 1. The third-order valence-corrected chi connectivity index (χ3v) is 3.16. The van der Waals surface area contributed by atoms with E-state index in [0.717, 1.165) is 5.56 Å². The van der Waals surface area contributed by atoms with Crippen LogP contribution < -0.4 is 5.32 Å². The van der Waals surface area contributed by atoms with Gasteiger partial charge >= 0.3 is 0 Å². The van der Waals surface area contributed by atoms with Gasteiger partial charge in [-0.3, -0.25) is 14.3 Å². The minimum atomic E-state index is -0.459. The summed E-state index contributed by atoms with van der Waals surface area (Å²) < 4.78 is 1.70. The van der Waals surface area contributed by atoms with Crippen molar-refractivity contribution in [2.75, 3.05) is 0 Å². The second-order valence-electron chi connectivity index (χ2n) is 4.83. The minimum absolute atomic E-state index is 0.0443. The Morgan fingerprint density at radius 2 is 2.17 bits per heavy atom. The van der Waals surface area contributed by atoms with Crippen LogP contribution in [0.25, 0.3) is 0 Å². The smallest absolute Gasteiger partial charge is 0.245 e. The van der Waals surface area contributed by atoms with Gasteiger partial charge in [-0.25, -0.2) is 0 Å². The molecule has 0 bridgehead atoms. The predicted molar refractivity (Wildman–Crippen MR) is 65.4 cm³/mol. The first kappa shape index (κ1) is 12.6. The molecule has 2 atom stereocenters. The van der Waals surface area contributed by atoms with E-state index in [4.69, 9.17) is 0 Å². The Morgan fingerprint density at radius 3 is 2.78 bits per heavy atom. The van der Waals surface area contributed by atoms with Crippen molar-refractivity contribution in [1.29, 1.82) is 0 Å². The van der Waals surface area contributed by atoms with Crippen molar-refractivity contribution in [2.45, 2.75) is 38.9 Å². The van der Waals surface area contributed by atoms with Crippen LogP contribution in [0, 0.1) is 0 Å². The Morgan fingerprint density at radius 1 is 1.44 bits per heavy atom. The van der Waals surface area contributed by atoms with E-state index < -0.39 is 6.04 Å². The lowest BCUT2D eigenvalue weighted by molar-refractivity contribution is -0.135. The molecule has 0 aliphatic carbocycles. The zero-order chi connectivity index (χ0) is 13.3. The van der Waals surface area contributed by atoms with Crippen molar-refractivity contribution >= 4 is 11.8 Å². The number of aryl methyl sites for hydroxylation is 1. The van der Waals surface area contributed by atoms with E-state index in [1.165, 1.54) is 0 Å². The second kappa shape index (κ2) is 4.80. The Balaban J connectivity index is 2.18. The van der Waals surface area contributed by atoms with Crippen LogP contribution in [0.3, 0.4) is 0 Å². The van der Waals surface area contributed by atoms with E-state index in [-0.39, 0.29) is 17.9 Å². The summed E-state index contributed by atoms with van der Waals surface area (Å²) in [6, 6.07) is -0.554. The van der Waals surface area contributed by atoms with Crippen molar-refractivity contribution < 1.29 is 9.59 Å². The van der Waals surface area contributed by atoms with Gasteiger partial charge in [-0.05, 0) is 13.8 Å². The highest BCUT2D eigenvalue weighted by Gasteiger charge is 2.31. The van der Waals surface area contributed by atoms with Crippen molar-refractivity contribution in [3.63, 3.8) is 0 Å². The summed E-state index contributed by atoms with van der Waals surface area (Å²) in [4.78, 5) is 25.5. The summed E-state index contributed by atoms with van der Waals surface area (Å²) in [7, 11) is 1.84. The number of hydrogen-bond acceptors (Lipinski definition) is 3. The summed E-state index contributed by atoms with van der Waals surface area (Å²) in [5, 5.41) is 6.78. The predicted octanol–water partition coefficient (Wildman–Crippen LogP) is 0.0456. The number of nitrogens with zero attached hydrogens (tertiary/aromatic N) is 3. The van der Waals surface area contributed by atoms with Gasteiger partial charge in [0.2, 0.25) is 11.8 Å². The number of aromatic nitrogens is 2. The van der Waals surface area contributed by atoms with Crippen molar-refractivity contribution in [1.82, 2.24) is 20.0 Å². The molecular weight excluding hydrogens is 232 g/mol. The van der Waals surface area contributed by atoms with E-state index in [2.05, 4.69) is 10.4 Å². The molecule has 1 saturated heterocycles. The summed E-state index contributed by atoms with van der Waals surface area (Å²) in [6.07, 6.45) is 3.96. The normalized spacial score (nSPS) is 24.9. The largest absolute Gasteiger partial charge is 0.345 e. The highest BCUT2D eigenvalue weighted by Crippen LogP contribution is 2.15. The standard InChI is InChI=1S/C12H18N4O2/c1-8-4-11(17)14-9(2)12(18)16(8)7-10-5-13-15(3)6-10/h5-6,8-9H,4,7H2,1-3H3,(H,14,17). The van der Waals surface area contributed by atoms with Crippen LogP contribution in [-0.4, -0.2) is 38.6 Å². The topological polar surface area (TPSA) is 67.2 Å². The zero-order valence-electron chi connectivity index (χ0n) is 10.9. The second-order valence-corrected chi connectivity index (χ2v) is 4.83. The Labute approximate surface area is 106 Å². The number of carbonyl (C=O) groups is 2. The maximum atomic E-state index is 12.2. The SMILES string of the molecule is CC1NC(=O)CC(C)N(Cc2cnn(C)c2)C1=O. The van der Waals surface area contributed by atoms with Gasteiger partial charge in [-0.15, -0.1) is 0 Å². The molecular formula is C12H18N4O2. The van der Waals surface area contributed by atoms with Gasteiger partial charge in [0.15, 0.2) is 0 Å². The van der Waals surface area contributed by atoms with E-state index in [9.17, 15) is 9.59 Å². The quantitative estimate of drug-likeness (QED) is 0.806. The molecule has 2 amide bonds. The highest BCUT2D eigenvalue weighted by molar-refractivity contribution is 5.90. The minimum Gasteiger partial charge on any atom is -0.345 e. The lowest BCUT2D eigenvalue weighted by atomic mass is 10.2. The first-order valence-corrected chi connectivity index (χ1v) is 6.04. The fourth-order valence-corrected chi connectivity index (χ4v) is 2.19. The number of carbonyl (C=O) groups excluding carboxylic acids is 2. The molecule has 2 rings (SSSR count). The van der Waals surface area contributed by atoms with Crippen LogP contribution in [0.5, 0.6) is 0 Å². The molecule has 2 heterocycles. The molecule has 0 saturated carbocycles. The van der Waals surface area contributed by atoms with Gasteiger partial charge in [0, 0.05) is 37.8 Å².